The molecule has 0 saturated heterocycles. The number of fused-ring (bicyclic) bond motifs is 1. The summed E-state index contributed by atoms with van der Waals surface area (Å²) in [4.78, 5) is 33.2. The topological polar surface area (TPSA) is 139 Å². The van der Waals surface area contributed by atoms with Gasteiger partial charge in [-0.25, -0.2) is 19.3 Å². The SMILES string of the molecule is CCNC(=O)c1cn2ncnc(N)c2c1-c1ccc(NC(=O)Nc2cccc(C)n2)cc1. The number of nitrogens with two attached hydrogens (primary N) is 1. The van der Waals surface area contributed by atoms with Crippen LogP contribution in [0.3, 0.4) is 0 Å². The molecule has 0 saturated carbocycles. The van der Waals surface area contributed by atoms with E-state index < -0.39 is 6.03 Å². The fourth-order valence-electron chi connectivity index (χ4n) is 3.37. The third kappa shape index (κ3) is 4.19. The normalized spacial score (nSPS) is 10.7. The molecule has 162 valence electrons. The summed E-state index contributed by atoms with van der Waals surface area (Å²) in [5.41, 5.74) is 9.80. The molecule has 0 spiro atoms. The Hall–Kier alpha value is -4.47. The largest absolute Gasteiger partial charge is 0.382 e. The van der Waals surface area contributed by atoms with Gasteiger partial charge in [0, 0.05) is 29.7 Å². The Kier molecular flexibility index (Phi) is 5.67. The van der Waals surface area contributed by atoms with Gasteiger partial charge in [-0.05, 0) is 43.7 Å². The zero-order valence-corrected chi connectivity index (χ0v) is 17.6. The maximum Gasteiger partial charge on any atom is 0.324 e. The van der Waals surface area contributed by atoms with Crippen molar-refractivity contribution in [3.63, 3.8) is 0 Å². The summed E-state index contributed by atoms with van der Waals surface area (Å²) in [6, 6.07) is 12.0. The lowest BCUT2D eigenvalue weighted by molar-refractivity contribution is 0.0956. The number of carbonyl (C=O) groups is 2. The van der Waals surface area contributed by atoms with Crippen LogP contribution in [-0.4, -0.2) is 38.1 Å². The van der Waals surface area contributed by atoms with Gasteiger partial charge < -0.3 is 16.4 Å². The van der Waals surface area contributed by atoms with Gasteiger partial charge in [-0.2, -0.15) is 5.10 Å². The van der Waals surface area contributed by atoms with Crippen molar-refractivity contribution in [2.24, 2.45) is 0 Å². The molecule has 10 heteroatoms. The molecule has 0 unspecified atom stereocenters. The number of pyridine rings is 1. The van der Waals surface area contributed by atoms with Crippen LogP contribution in [0.4, 0.5) is 22.1 Å². The summed E-state index contributed by atoms with van der Waals surface area (Å²) in [6.45, 7) is 4.18. The van der Waals surface area contributed by atoms with Gasteiger partial charge in [0.15, 0.2) is 5.82 Å². The molecular formula is C22H22N8O2. The van der Waals surface area contributed by atoms with Gasteiger partial charge in [-0.1, -0.05) is 18.2 Å². The summed E-state index contributed by atoms with van der Waals surface area (Å²) < 4.78 is 1.54. The van der Waals surface area contributed by atoms with E-state index in [1.54, 1.807) is 36.5 Å². The monoisotopic (exact) mass is 430 g/mol. The van der Waals surface area contributed by atoms with E-state index in [4.69, 9.17) is 5.73 Å². The molecule has 0 aliphatic heterocycles. The number of nitrogens with one attached hydrogen (secondary N) is 3. The number of hydrogen-bond donors (Lipinski definition) is 4. The summed E-state index contributed by atoms with van der Waals surface area (Å²) in [7, 11) is 0. The van der Waals surface area contributed by atoms with E-state index in [0.29, 0.717) is 34.7 Å². The molecule has 0 radical (unpaired) electrons. The van der Waals surface area contributed by atoms with Crippen molar-refractivity contribution in [1.29, 1.82) is 0 Å². The number of anilines is 3. The average Bonchev–Trinajstić information content (AvgIpc) is 3.15. The minimum atomic E-state index is -0.411. The van der Waals surface area contributed by atoms with Crippen LogP contribution < -0.4 is 21.7 Å². The van der Waals surface area contributed by atoms with E-state index in [9.17, 15) is 9.59 Å². The van der Waals surface area contributed by atoms with Crippen LogP contribution in [0.5, 0.6) is 0 Å². The molecule has 0 fully saturated rings. The van der Waals surface area contributed by atoms with Crippen molar-refractivity contribution in [2.75, 3.05) is 22.9 Å². The predicted molar refractivity (Wildman–Crippen MR) is 122 cm³/mol. The number of benzene rings is 1. The highest BCUT2D eigenvalue weighted by Gasteiger charge is 2.21. The van der Waals surface area contributed by atoms with Crippen LogP contribution in [0, 0.1) is 6.92 Å². The van der Waals surface area contributed by atoms with E-state index >= 15 is 0 Å². The van der Waals surface area contributed by atoms with Crippen LogP contribution in [0.15, 0.2) is 55.0 Å². The highest BCUT2D eigenvalue weighted by atomic mass is 16.2. The van der Waals surface area contributed by atoms with Crippen LogP contribution >= 0.6 is 0 Å². The van der Waals surface area contributed by atoms with E-state index in [1.807, 2.05) is 26.0 Å². The van der Waals surface area contributed by atoms with E-state index in [2.05, 4.69) is 31.0 Å². The van der Waals surface area contributed by atoms with Crippen molar-refractivity contribution in [2.45, 2.75) is 13.8 Å². The van der Waals surface area contributed by atoms with E-state index in [1.165, 1.54) is 10.8 Å². The van der Waals surface area contributed by atoms with Crippen molar-refractivity contribution < 1.29 is 9.59 Å². The lowest BCUT2D eigenvalue weighted by Gasteiger charge is -2.10. The smallest absolute Gasteiger partial charge is 0.324 e. The molecule has 0 bridgehead atoms. The van der Waals surface area contributed by atoms with Crippen molar-refractivity contribution in [1.82, 2.24) is 24.9 Å². The molecule has 1 aromatic carbocycles. The molecule has 3 heterocycles. The summed E-state index contributed by atoms with van der Waals surface area (Å²) in [5.74, 6) is 0.485. The molecule has 4 aromatic rings. The predicted octanol–water partition coefficient (Wildman–Crippen LogP) is 3.08. The highest BCUT2D eigenvalue weighted by molar-refractivity contribution is 6.07. The van der Waals surface area contributed by atoms with Crippen molar-refractivity contribution in [3.05, 3.63) is 66.2 Å². The van der Waals surface area contributed by atoms with Crippen LogP contribution in [0.2, 0.25) is 0 Å². The standard InChI is InChI=1S/C22H22N8O2/c1-3-24-21(31)16-11-30-19(20(23)25-12-26-30)18(16)14-7-9-15(10-8-14)28-22(32)29-17-6-4-5-13(2)27-17/h4-12H,3H2,1-2H3,(H,24,31)(H2,23,25,26)(H2,27,28,29,32). The van der Waals surface area contributed by atoms with Crippen molar-refractivity contribution in [3.8, 4) is 11.1 Å². The fraction of sp³-hybridized carbons (Fsp3) is 0.136. The van der Waals surface area contributed by atoms with Crippen LogP contribution in [0.25, 0.3) is 16.6 Å². The maximum atomic E-state index is 12.6. The van der Waals surface area contributed by atoms with Crippen LogP contribution in [0.1, 0.15) is 23.0 Å². The highest BCUT2D eigenvalue weighted by Crippen LogP contribution is 2.33. The van der Waals surface area contributed by atoms with Gasteiger partial charge in [0.05, 0.1) is 5.56 Å². The lowest BCUT2D eigenvalue weighted by atomic mass is 10.0. The quantitative estimate of drug-likeness (QED) is 0.384. The zero-order chi connectivity index (χ0) is 22.7. The molecule has 32 heavy (non-hydrogen) atoms. The first-order valence-electron chi connectivity index (χ1n) is 9.98. The van der Waals surface area contributed by atoms with Gasteiger partial charge in [0.2, 0.25) is 0 Å². The average molecular weight is 430 g/mol. The Morgan fingerprint density at radius 1 is 1.09 bits per heavy atom. The van der Waals surface area contributed by atoms with Crippen molar-refractivity contribution >= 4 is 34.8 Å². The Balaban J connectivity index is 1.62. The Bertz CT molecular complexity index is 1300. The zero-order valence-electron chi connectivity index (χ0n) is 17.6. The first-order chi connectivity index (χ1) is 15.5. The number of hydrogen-bond acceptors (Lipinski definition) is 6. The Morgan fingerprint density at radius 3 is 2.59 bits per heavy atom. The van der Waals surface area contributed by atoms with Crippen LogP contribution in [-0.2, 0) is 0 Å². The summed E-state index contributed by atoms with van der Waals surface area (Å²) >= 11 is 0. The number of aromatic nitrogens is 4. The first-order valence-corrected chi connectivity index (χ1v) is 9.98. The number of carbonyl (C=O) groups excluding carboxylic acids is 2. The summed E-state index contributed by atoms with van der Waals surface area (Å²) in [5, 5.41) is 12.4. The third-order valence-electron chi connectivity index (χ3n) is 4.75. The molecular weight excluding hydrogens is 408 g/mol. The second-order valence-electron chi connectivity index (χ2n) is 7.04. The van der Waals surface area contributed by atoms with E-state index in [-0.39, 0.29) is 11.7 Å². The molecule has 10 nitrogen and oxygen atoms in total. The third-order valence-corrected chi connectivity index (χ3v) is 4.75. The second-order valence-corrected chi connectivity index (χ2v) is 7.04. The second kappa shape index (κ2) is 8.72. The van der Waals surface area contributed by atoms with Gasteiger partial charge >= 0.3 is 6.03 Å². The number of rotatable bonds is 5. The number of aryl methyl sites for hydroxylation is 1. The number of urea groups is 1. The fourth-order valence-corrected chi connectivity index (χ4v) is 3.37. The molecule has 0 aliphatic carbocycles. The molecule has 5 N–H and O–H groups in total. The molecule has 3 aromatic heterocycles. The van der Waals surface area contributed by atoms with Gasteiger partial charge in [0.25, 0.3) is 5.91 Å². The Morgan fingerprint density at radius 2 is 1.88 bits per heavy atom. The van der Waals surface area contributed by atoms with Gasteiger partial charge in [-0.15, -0.1) is 0 Å². The number of amides is 3. The molecule has 3 amide bonds. The van der Waals surface area contributed by atoms with Gasteiger partial charge in [-0.3, -0.25) is 10.1 Å². The minimum absolute atomic E-state index is 0.236. The summed E-state index contributed by atoms with van der Waals surface area (Å²) in [6.07, 6.45) is 2.96. The number of nitrogens with zero attached hydrogens (tertiary/aromatic N) is 4. The molecule has 4 rings (SSSR count). The number of nitrogen functional groups attached to an aromatic ring is 1. The maximum absolute atomic E-state index is 12.6. The molecule has 0 aliphatic rings. The first kappa shape index (κ1) is 20.8. The van der Waals surface area contributed by atoms with E-state index in [0.717, 1.165) is 11.3 Å². The van der Waals surface area contributed by atoms with Gasteiger partial charge in [0.1, 0.15) is 17.7 Å². The minimum Gasteiger partial charge on any atom is -0.382 e. The lowest BCUT2D eigenvalue weighted by Crippen LogP contribution is -2.22. The molecule has 0 atom stereocenters. The Labute approximate surface area is 183 Å².